The fraction of sp³-hybridized carbons (Fsp3) is 0.105. The Morgan fingerprint density at radius 1 is 1.08 bits per heavy atom. The van der Waals surface area contributed by atoms with E-state index in [4.69, 9.17) is 16.3 Å². The normalized spacial score (nSPS) is 11.9. The van der Waals surface area contributed by atoms with Crippen LogP contribution in [0, 0.1) is 0 Å². The Bertz CT molecular complexity index is 906. The van der Waals surface area contributed by atoms with Gasteiger partial charge in [0.25, 0.3) is 0 Å². The van der Waals surface area contributed by atoms with Crippen LogP contribution in [0.4, 0.5) is 0 Å². The predicted octanol–water partition coefficient (Wildman–Crippen LogP) is 4.40. The fourth-order valence-corrected chi connectivity index (χ4v) is 3.21. The molecule has 2 aromatic carbocycles. The van der Waals surface area contributed by atoms with E-state index in [1.54, 1.807) is 42.7 Å². The lowest BCUT2D eigenvalue weighted by Gasteiger charge is -2.12. The SMILES string of the molecule is O=S(O)c1ccc(Oc2cccnc2)cc1CNCc1cccc(Cl)c1. The second-order valence-corrected chi connectivity index (χ2v) is 6.92. The Hall–Kier alpha value is -2.25. The van der Waals surface area contributed by atoms with Crippen molar-refractivity contribution in [3.63, 3.8) is 0 Å². The van der Waals surface area contributed by atoms with Gasteiger partial charge in [0.1, 0.15) is 11.5 Å². The van der Waals surface area contributed by atoms with Gasteiger partial charge in [-0.25, -0.2) is 4.21 Å². The van der Waals surface area contributed by atoms with E-state index >= 15 is 0 Å². The number of hydrogen-bond donors (Lipinski definition) is 2. The lowest BCUT2D eigenvalue weighted by atomic mass is 10.2. The van der Waals surface area contributed by atoms with E-state index in [1.807, 2.05) is 24.3 Å². The van der Waals surface area contributed by atoms with E-state index in [-0.39, 0.29) is 0 Å². The molecule has 3 aromatic rings. The van der Waals surface area contributed by atoms with Crippen molar-refractivity contribution < 1.29 is 13.5 Å². The first-order valence-electron chi connectivity index (χ1n) is 7.88. The summed E-state index contributed by atoms with van der Waals surface area (Å²) < 4.78 is 26.8. The third kappa shape index (κ3) is 5.12. The Morgan fingerprint density at radius 3 is 2.69 bits per heavy atom. The van der Waals surface area contributed by atoms with Crippen molar-refractivity contribution in [2.75, 3.05) is 0 Å². The zero-order valence-electron chi connectivity index (χ0n) is 13.8. The second-order valence-electron chi connectivity index (χ2n) is 5.54. The van der Waals surface area contributed by atoms with E-state index in [9.17, 15) is 8.76 Å². The molecule has 0 aliphatic carbocycles. The Balaban J connectivity index is 1.73. The number of hydrogen-bond acceptors (Lipinski definition) is 4. The zero-order chi connectivity index (χ0) is 18.4. The fourth-order valence-electron chi connectivity index (χ4n) is 2.46. The van der Waals surface area contributed by atoms with Gasteiger partial charge in [-0.3, -0.25) is 4.98 Å². The number of halogens is 1. The number of nitrogens with zero attached hydrogens (tertiary/aromatic N) is 1. The molecule has 5 nitrogen and oxygen atoms in total. The molecule has 0 spiro atoms. The molecule has 0 bridgehead atoms. The van der Waals surface area contributed by atoms with Crippen molar-refractivity contribution in [3.05, 3.63) is 83.1 Å². The van der Waals surface area contributed by atoms with Gasteiger partial charge in [0.2, 0.25) is 0 Å². The van der Waals surface area contributed by atoms with Crippen LogP contribution in [0.5, 0.6) is 11.5 Å². The maximum atomic E-state index is 11.6. The molecule has 0 aliphatic heterocycles. The molecular formula is C19H17ClN2O3S. The monoisotopic (exact) mass is 388 g/mol. The zero-order valence-corrected chi connectivity index (χ0v) is 15.3. The van der Waals surface area contributed by atoms with Crippen molar-refractivity contribution in [2.45, 2.75) is 18.0 Å². The smallest absolute Gasteiger partial charge is 0.186 e. The molecule has 134 valence electrons. The minimum absolute atomic E-state index is 0.349. The molecule has 1 unspecified atom stereocenters. The summed E-state index contributed by atoms with van der Waals surface area (Å²) in [7, 11) is 0. The molecule has 7 heteroatoms. The number of aromatic nitrogens is 1. The van der Waals surface area contributed by atoms with Gasteiger partial charge in [-0.15, -0.1) is 0 Å². The molecule has 1 heterocycles. The van der Waals surface area contributed by atoms with Crippen LogP contribution in [0.2, 0.25) is 5.02 Å². The number of pyridine rings is 1. The van der Waals surface area contributed by atoms with Crippen molar-refractivity contribution in [1.29, 1.82) is 0 Å². The molecule has 0 amide bonds. The van der Waals surface area contributed by atoms with Gasteiger partial charge in [0, 0.05) is 24.3 Å². The molecular weight excluding hydrogens is 372 g/mol. The number of benzene rings is 2. The highest BCUT2D eigenvalue weighted by Gasteiger charge is 2.10. The number of rotatable bonds is 7. The van der Waals surface area contributed by atoms with Crippen molar-refractivity contribution in [3.8, 4) is 11.5 Å². The summed E-state index contributed by atoms with van der Waals surface area (Å²) in [5.41, 5.74) is 1.72. The maximum Gasteiger partial charge on any atom is 0.186 e. The quantitative estimate of drug-likeness (QED) is 0.587. The van der Waals surface area contributed by atoms with Gasteiger partial charge in [0.15, 0.2) is 11.1 Å². The first-order valence-corrected chi connectivity index (χ1v) is 9.37. The summed E-state index contributed by atoms with van der Waals surface area (Å²) in [5.74, 6) is 1.18. The molecule has 2 N–H and O–H groups in total. The van der Waals surface area contributed by atoms with Gasteiger partial charge in [-0.1, -0.05) is 23.7 Å². The lowest BCUT2D eigenvalue weighted by molar-refractivity contribution is 0.478. The third-order valence-electron chi connectivity index (χ3n) is 3.62. The van der Waals surface area contributed by atoms with Crippen molar-refractivity contribution >= 4 is 22.7 Å². The summed E-state index contributed by atoms with van der Waals surface area (Å²) in [4.78, 5) is 4.35. The second kappa shape index (κ2) is 8.91. The molecule has 0 saturated carbocycles. The summed E-state index contributed by atoms with van der Waals surface area (Å²) in [6.07, 6.45) is 3.27. The Morgan fingerprint density at radius 2 is 1.96 bits per heavy atom. The highest BCUT2D eigenvalue weighted by atomic mass is 35.5. The van der Waals surface area contributed by atoms with Crippen LogP contribution in [0.1, 0.15) is 11.1 Å². The Labute approximate surface area is 159 Å². The van der Waals surface area contributed by atoms with E-state index < -0.39 is 11.1 Å². The molecule has 0 saturated heterocycles. The molecule has 1 atom stereocenters. The van der Waals surface area contributed by atoms with Gasteiger partial charge in [0.05, 0.1) is 11.1 Å². The van der Waals surface area contributed by atoms with Crippen LogP contribution in [0.15, 0.2) is 71.9 Å². The van der Waals surface area contributed by atoms with Crippen LogP contribution >= 0.6 is 11.6 Å². The molecule has 1 aromatic heterocycles. The van der Waals surface area contributed by atoms with Gasteiger partial charge in [-0.05, 0) is 53.6 Å². The van der Waals surface area contributed by atoms with Gasteiger partial charge in [-0.2, -0.15) is 0 Å². The average molecular weight is 389 g/mol. The van der Waals surface area contributed by atoms with Gasteiger partial charge >= 0.3 is 0 Å². The van der Waals surface area contributed by atoms with E-state index in [1.165, 1.54) is 0 Å². The summed E-state index contributed by atoms with van der Waals surface area (Å²) >= 11 is 3.91. The minimum Gasteiger partial charge on any atom is -0.456 e. The minimum atomic E-state index is -2.08. The van der Waals surface area contributed by atoms with Crippen LogP contribution < -0.4 is 10.1 Å². The van der Waals surface area contributed by atoms with E-state index in [0.29, 0.717) is 40.1 Å². The molecule has 0 aliphatic rings. The van der Waals surface area contributed by atoms with Crippen LogP contribution in [0.3, 0.4) is 0 Å². The molecule has 0 radical (unpaired) electrons. The van der Waals surface area contributed by atoms with Crippen molar-refractivity contribution in [1.82, 2.24) is 10.3 Å². The summed E-state index contributed by atoms with van der Waals surface area (Å²) in [5, 5.41) is 3.93. The highest BCUT2D eigenvalue weighted by molar-refractivity contribution is 7.79. The standard InChI is InChI=1S/C19H17ClN2O3S/c20-16-4-1-3-14(9-16)11-22-12-15-10-17(6-7-19(15)26(23)24)25-18-5-2-8-21-13-18/h1-10,13,22H,11-12H2,(H,23,24). The summed E-state index contributed by atoms with van der Waals surface area (Å²) in [6.45, 7) is 1.00. The van der Waals surface area contributed by atoms with E-state index in [0.717, 1.165) is 5.56 Å². The van der Waals surface area contributed by atoms with Crippen LogP contribution in [-0.2, 0) is 24.2 Å². The van der Waals surface area contributed by atoms with Crippen LogP contribution in [-0.4, -0.2) is 13.7 Å². The average Bonchev–Trinajstić information content (AvgIpc) is 2.63. The number of ether oxygens (including phenoxy) is 1. The largest absolute Gasteiger partial charge is 0.456 e. The highest BCUT2D eigenvalue weighted by Crippen LogP contribution is 2.25. The lowest BCUT2D eigenvalue weighted by Crippen LogP contribution is -2.14. The van der Waals surface area contributed by atoms with Gasteiger partial charge < -0.3 is 14.6 Å². The first kappa shape index (κ1) is 18.5. The van der Waals surface area contributed by atoms with Crippen LogP contribution in [0.25, 0.3) is 0 Å². The maximum absolute atomic E-state index is 11.6. The summed E-state index contributed by atoms with van der Waals surface area (Å²) in [6, 6.07) is 16.1. The number of nitrogens with one attached hydrogen (secondary N) is 1. The predicted molar refractivity (Wildman–Crippen MR) is 102 cm³/mol. The Kier molecular flexibility index (Phi) is 6.35. The first-order chi connectivity index (χ1) is 12.6. The molecule has 3 rings (SSSR count). The van der Waals surface area contributed by atoms with E-state index in [2.05, 4.69) is 10.3 Å². The topological polar surface area (TPSA) is 71.5 Å². The molecule has 26 heavy (non-hydrogen) atoms. The van der Waals surface area contributed by atoms with Crippen molar-refractivity contribution in [2.24, 2.45) is 0 Å². The molecule has 0 fully saturated rings. The third-order valence-corrected chi connectivity index (χ3v) is 4.63.